The summed E-state index contributed by atoms with van der Waals surface area (Å²) in [6.45, 7) is 15.7. The van der Waals surface area contributed by atoms with Crippen LogP contribution in [0.2, 0.25) is 0 Å². The van der Waals surface area contributed by atoms with E-state index in [2.05, 4.69) is 107 Å². The summed E-state index contributed by atoms with van der Waals surface area (Å²) in [5, 5.41) is 10.5. The summed E-state index contributed by atoms with van der Waals surface area (Å²) in [6, 6.07) is 0. The first-order valence-corrected chi connectivity index (χ1v) is 27.3. The summed E-state index contributed by atoms with van der Waals surface area (Å²) in [6.07, 6.45) is 5.08. The Bertz CT molecular complexity index is 246. The van der Waals surface area contributed by atoms with Crippen molar-refractivity contribution in [1.29, 1.82) is 0 Å². The van der Waals surface area contributed by atoms with Crippen LogP contribution in [0.15, 0.2) is 0 Å². The molecule has 27 heavy (non-hydrogen) atoms. The first-order valence-electron chi connectivity index (χ1n) is 8.45. The molecular weight excluding hydrogens is 1030 g/mol. The quantitative estimate of drug-likeness (QED) is 0.356. The number of halogens is 6. The van der Waals surface area contributed by atoms with Gasteiger partial charge in [0.2, 0.25) is 5.91 Å². The Morgan fingerprint density at radius 2 is 1.15 bits per heavy atom. The molecule has 2 aliphatic rings. The second-order valence-corrected chi connectivity index (χ2v) is 21.2. The number of amides is 1. The molecule has 2 aliphatic heterocycles. The van der Waals surface area contributed by atoms with Crippen LogP contribution in [0.3, 0.4) is 0 Å². The van der Waals surface area contributed by atoms with Crippen molar-refractivity contribution in [3.8, 4) is 0 Å². The molecule has 0 spiro atoms. The van der Waals surface area contributed by atoms with Gasteiger partial charge < -0.3 is 15.3 Å². The molecule has 5 nitrogen and oxygen atoms in total. The Kier molecular flexibility index (Phi) is 76.9. The van der Waals surface area contributed by atoms with Crippen LogP contribution in [0.5, 0.6) is 0 Å². The van der Waals surface area contributed by atoms with Crippen molar-refractivity contribution in [3.63, 3.8) is 0 Å². The number of carboxylic acids is 1. The van der Waals surface area contributed by atoms with E-state index < -0.39 is 5.97 Å². The van der Waals surface area contributed by atoms with Crippen LogP contribution >= 0.6 is 98.4 Å². The fourth-order valence-corrected chi connectivity index (χ4v) is 0.808. The summed E-state index contributed by atoms with van der Waals surface area (Å²) in [5.41, 5.74) is 0. The third-order valence-electron chi connectivity index (χ3n) is 2.01. The number of hydrogen-bond donors (Lipinski definition) is 2. The molecular formula is C16H37I6N2O3-. The van der Waals surface area contributed by atoms with E-state index in [9.17, 15) is 4.79 Å². The van der Waals surface area contributed by atoms with Crippen LogP contribution in [-0.4, -0.2) is 48.1 Å². The molecule has 0 aliphatic carbocycles. The van der Waals surface area contributed by atoms with Gasteiger partial charge in [0.05, 0.1) is 0 Å². The predicted molar refractivity (Wildman–Crippen MR) is 161 cm³/mol. The molecule has 11 heteroatoms. The first-order chi connectivity index (χ1) is 12.3. The second kappa shape index (κ2) is 47.2. The minimum atomic E-state index is -0.833. The summed E-state index contributed by atoms with van der Waals surface area (Å²) < 4.78 is 0. The van der Waals surface area contributed by atoms with Gasteiger partial charge in [0.15, 0.2) is 0 Å². The molecule has 0 bridgehead atoms. The van der Waals surface area contributed by atoms with Crippen LogP contribution in [-0.2, 0) is 9.59 Å². The van der Waals surface area contributed by atoms with Crippen molar-refractivity contribution in [2.45, 2.75) is 67.2 Å². The van der Waals surface area contributed by atoms with Gasteiger partial charge >= 0.3 is 50.5 Å². The number of carboxylic acid groups (broad SMARTS) is 1. The maximum atomic E-state index is 10.4. The minimum absolute atomic E-state index is 0. The first kappa shape index (κ1) is 44.0. The van der Waals surface area contributed by atoms with E-state index in [1.807, 2.05) is 4.90 Å². The van der Waals surface area contributed by atoms with Gasteiger partial charge in [0.25, 0.3) is 5.97 Å². The Morgan fingerprint density at radius 3 is 1.15 bits per heavy atom. The number of rotatable bonds is 0. The van der Waals surface area contributed by atoms with E-state index >= 15 is 0 Å². The van der Waals surface area contributed by atoms with Crippen molar-refractivity contribution in [1.82, 2.24) is 10.2 Å². The molecule has 0 unspecified atom stereocenters. The number of nitrogens with one attached hydrogen (secondary N) is 1. The van der Waals surface area contributed by atoms with Crippen molar-refractivity contribution >= 4 is 110 Å². The molecule has 2 rings (SSSR count). The third kappa shape index (κ3) is 73.0. The predicted octanol–water partition coefficient (Wildman–Crippen LogP) is 4.31. The van der Waals surface area contributed by atoms with E-state index in [4.69, 9.17) is 9.90 Å². The van der Waals surface area contributed by atoms with Gasteiger partial charge in [0.1, 0.15) is 0 Å². The normalized spacial score (nSPS) is 11.7. The number of carbonyl (C=O) groups excluding carboxylic acids is 1. The van der Waals surface area contributed by atoms with E-state index in [0.29, 0.717) is 13.3 Å². The average molecular weight is 1070 g/mol. The maximum absolute atomic E-state index is 10.4. The SMILES string of the molecule is C1CNC1.CC(=O)N1CCC1.CC(=O)O.CCC.CCC.I.II.I[I-]I. The molecule has 172 valence electrons. The van der Waals surface area contributed by atoms with Gasteiger partial charge in [-0.3, -0.25) is 9.59 Å². The van der Waals surface area contributed by atoms with Crippen LogP contribution in [0.4, 0.5) is 0 Å². The van der Waals surface area contributed by atoms with Gasteiger partial charge in [-0.25, -0.2) is 0 Å². The molecule has 1 amide bonds. The Morgan fingerprint density at radius 1 is 0.963 bits per heavy atom. The Balaban J connectivity index is -0.0000000496. The number of aliphatic carboxylic acids is 1. The molecule has 0 radical (unpaired) electrons. The molecule has 2 saturated heterocycles. The van der Waals surface area contributed by atoms with Crippen molar-refractivity contribution in [2.75, 3.05) is 26.2 Å². The van der Waals surface area contributed by atoms with Gasteiger partial charge in [0, 0.05) is 64.2 Å². The van der Waals surface area contributed by atoms with Crippen LogP contribution < -0.4 is 18.6 Å². The standard InChI is InChI=1S/C5H9NO.C3H7N.2C3H8.C2H4O2.I3.I2.HI/c1-5(7)6-3-2-4-6;1-2-4-3-1;2*1-3-2;1-2(3)4;1-3-2;1-2;/h2-4H2,1H3;4H,1-3H2;2*3H2,1-2H3;1H3,(H,3,4);;;1H/q;;;;;-1;;. The molecule has 0 aromatic rings. The molecule has 2 heterocycles. The summed E-state index contributed by atoms with van der Waals surface area (Å²) in [7, 11) is 0. The van der Waals surface area contributed by atoms with Crippen molar-refractivity contribution < 1.29 is 28.0 Å². The second-order valence-electron chi connectivity index (χ2n) is 4.95. The van der Waals surface area contributed by atoms with Gasteiger partial charge in [-0.15, -0.1) is 24.0 Å². The Hall–Kier alpha value is 3.28. The zero-order valence-electron chi connectivity index (χ0n) is 17.2. The fraction of sp³-hybridized carbons (Fsp3) is 0.875. The van der Waals surface area contributed by atoms with Gasteiger partial charge in [-0.05, 0) is 25.9 Å². The number of likely N-dealkylation sites (tertiary alicyclic amines) is 1. The topological polar surface area (TPSA) is 69.6 Å². The van der Waals surface area contributed by atoms with Crippen LogP contribution in [0.25, 0.3) is 0 Å². The molecule has 0 aromatic carbocycles. The van der Waals surface area contributed by atoms with E-state index in [1.165, 1.54) is 38.8 Å². The number of nitrogens with zero attached hydrogens (tertiary/aromatic N) is 1. The molecule has 0 saturated carbocycles. The average Bonchev–Trinajstić information content (AvgIpc) is 2.38. The van der Waals surface area contributed by atoms with Crippen LogP contribution in [0.1, 0.15) is 67.2 Å². The zero-order valence-corrected chi connectivity index (χ0v) is 30.3. The van der Waals surface area contributed by atoms with E-state index in [-0.39, 0.29) is 29.9 Å². The van der Waals surface area contributed by atoms with Crippen molar-refractivity contribution in [2.24, 2.45) is 0 Å². The Labute approximate surface area is 237 Å². The van der Waals surface area contributed by atoms with Gasteiger partial charge in [-0.1, -0.05) is 40.5 Å². The molecule has 2 fully saturated rings. The summed E-state index contributed by atoms with van der Waals surface area (Å²) in [4.78, 5) is 21.2. The van der Waals surface area contributed by atoms with Crippen LogP contribution in [0, 0.1) is 0 Å². The number of carbonyl (C=O) groups is 2. The summed E-state index contributed by atoms with van der Waals surface area (Å²) >= 11 is 9.54. The number of hydrogen-bond acceptors (Lipinski definition) is 3. The fourth-order valence-electron chi connectivity index (χ4n) is 0.808. The van der Waals surface area contributed by atoms with Crippen molar-refractivity contribution in [3.05, 3.63) is 0 Å². The monoisotopic (exact) mass is 1070 g/mol. The molecule has 0 atom stereocenters. The third-order valence-corrected chi connectivity index (χ3v) is 2.01. The zero-order chi connectivity index (χ0) is 21.8. The van der Waals surface area contributed by atoms with E-state index in [0.717, 1.165) is 20.0 Å². The van der Waals surface area contributed by atoms with Gasteiger partial charge in [-0.2, -0.15) is 0 Å². The summed E-state index contributed by atoms with van der Waals surface area (Å²) in [5.74, 6) is -0.619. The molecule has 2 N–H and O–H groups in total. The molecule has 0 aromatic heterocycles. The van der Waals surface area contributed by atoms with E-state index in [1.54, 1.807) is 6.92 Å².